The molecule has 2 saturated heterocycles. The highest BCUT2D eigenvalue weighted by molar-refractivity contribution is 5.85. The number of nitrogens with zero attached hydrogens (tertiary/aromatic N) is 2. The van der Waals surface area contributed by atoms with Crippen molar-refractivity contribution in [3.63, 3.8) is 0 Å². The quantitative estimate of drug-likeness (QED) is 0.770. The number of likely N-dealkylation sites (tertiary alicyclic amines) is 1. The lowest BCUT2D eigenvalue weighted by Gasteiger charge is -2.33. The highest BCUT2D eigenvalue weighted by Gasteiger charge is 2.39. The fourth-order valence-corrected chi connectivity index (χ4v) is 3.00. The fourth-order valence-electron chi connectivity index (χ4n) is 3.00. The van der Waals surface area contributed by atoms with Gasteiger partial charge in [0.25, 0.3) is 0 Å². The third-order valence-electron chi connectivity index (χ3n) is 4.60. The Bertz CT molecular complexity index is 303. The first-order valence-corrected chi connectivity index (χ1v) is 6.66. The molecule has 0 aromatic rings. The standard InChI is InChI=1S/C13H25N3O/c1-13(2,14-3)12(17)16-8-7-10-5-6-11(9-16)15(10)4/h10-11,14H,5-9H2,1-4H3. The summed E-state index contributed by atoms with van der Waals surface area (Å²) in [5.41, 5.74) is -0.442. The van der Waals surface area contributed by atoms with Crippen LogP contribution in [0.15, 0.2) is 0 Å². The van der Waals surface area contributed by atoms with Gasteiger partial charge in [0.15, 0.2) is 0 Å². The average Bonchev–Trinajstić information content (AvgIpc) is 2.52. The van der Waals surface area contributed by atoms with Gasteiger partial charge in [-0.05, 0) is 47.2 Å². The number of nitrogens with one attached hydrogen (secondary N) is 1. The first kappa shape index (κ1) is 12.8. The number of hydrogen-bond acceptors (Lipinski definition) is 3. The SMILES string of the molecule is CNC(C)(C)C(=O)N1CCC2CCC(C1)N2C. The molecule has 1 N–H and O–H groups in total. The van der Waals surface area contributed by atoms with E-state index in [0.29, 0.717) is 12.1 Å². The van der Waals surface area contributed by atoms with Gasteiger partial charge in [0.05, 0.1) is 5.54 Å². The van der Waals surface area contributed by atoms with Crippen molar-refractivity contribution in [2.45, 2.75) is 50.7 Å². The smallest absolute Gasteiger partial charge is 0.242 e. The molecule has 0 aromatic carbocycles. The molecular formula is C13H25N3O. The molecule has 0 radical (unpaired) electrons. The number of carbonyl (C=O) groups excluding carboxylic acids is 1. The maximum Gasteiger partial charge on any atom is 0.242 e. The van der Waals surface area contributed by atoms with Crippen LogP contribution in [0.3, 0.4) is 0 Å². The monoisotopic (exact) mass is 239 g/mol. The molecule has 2 heterocycles. The fraction of sp³-hybridized carbons (Fsp3) is 0.923. The number of likely N-dealkylation sites (N-methyl/N-ethyl adjacent to an activating group) is 2. The largest absolute Gasteiger partial charge is 0.339 e. The van der Waals surface area contributed by atoms with Gasteiger partial charge >= 0.3 is 0 Å². The van der Waals surface area contributed by atoms with Crippen LogP contribution in [0, 0.1) is 0 Å². The van der Waals surface area contributed by atoms with Crippen LogP contribution in [0.1, 0.15) is 33.1 Å². The van der Waals surface area contributed by atoms with Crippen LogP contribution < -0.4 is 5.32 Å². The Morgan fingerprint density at radius 2 is 1.88 bits per heavy atom. The summed E-state index contributed by atoms with van der Waals surface area (Å²) in [4.78, 5) is 17.0. The lowest BCUT2D eigenvalue weighted by molar-refractivity contribution is -0.137. The number of fused-ring (bicyclic) bond motifs is 2. The van der Waals surface area contributed by atoms with Crippen molar-refractivity contribution >= 4 is 5.91 Å². The molecule has 2 atom stereocenters. The minimum Gasteiger partial charge on any atom is -0.339 e. The molecule has 98 valence electrons. The van der Waals surface area contributed by atoms with Crippen molar-refractivity contribution in [3.8, 4) is 0 Å². The highest BCUT2D eigenvalue weighted by Crippen LogP contribution is 2.29. The maximum absolute atomic E-state index is 12.4. The lowest BCUT2D eigenvalue weighted by Crippen LogP contribution is -2.54. The van der Waals surface area contributed by atoms with Crippen molar-refractivity contribution in [2.24, 2.45) is 0 Å². The minimum atomic E-state index is -0.442. The summed E-state index contributed by atoms with van der Waals surface area (Å²) in [6.07, 6.45) is 3.67. The van der Waals surface area contributed by atoms with E-state index in [2.05, 4.69) is 22.2 Å². The second-order valence-corrected chi connectivity index (χ2v) is 5.97. The van der Waals surface area contributed by atoms with E-state index < -0.39 is 5.54 Å². The molecule has 1 amide bonds. The van der Waals surface area contributed by atoms with Gasteiger partial charge in [-0.3, -0.25) is 9.69 Å². The van der Waals surface area contributed by atoms with Gasteiger partial charge in [0, 0.05) is 25.2 Å². The molecule has 0 spiro atoms. The molecular weight excluding hydrogens is 214 g/mol. The Hall–Kier alpha value is -0.610. The highest BCUT2D eigenvalue weighted by atomic mass is 16.2. The van der Waals surface area contributed by atoms with E-state index in [1.54, 1.807) is 0 Å². The zero-order valence-electron chi connectivity index (χ0n) is 11.5. The second kappa shape index (κ2) is 4.58. The van der Waals surface area contributed by atoms with Crippen molar-refractivity contribution in [1.82, 2.24) is 15.1 Å². The summed E-state index contributed by atoms with van der Waals surface area (Å²) in [6.45, 7) is 5.73. The molecule has 2 unspecified atom stereocenters. The second-order valence-electron chi connectivity index (χ2n) is 5.97. The Kier molecular flexibility index (Phi) is 3.46. The van der Waals surface area contributed by atoms with Crippen LogP contribution in [0.4, 0.5) is 0 Å². The number of rotatable bonds is 2. The van der Waals surface area contributed by atoms with Crippen LogP contribution >= 0.6 is 0 Å². The minimum absolute atomic E-state index is 0.237. The van der Waals surface area contributed by atoms with Gasteiger partial charge < -0.3 is 10.2 Å². The molecule has 2 rings (SSSR count). The summed E-state index contributed by atoms with van der Waals surface area (Å²) >= 11 is 0. The van der Waals surface area contributed by atoms with Crippen LogP contribution in [0.5, 0.6) is 0 Å². The predicted molar refractivity (Wildman–Crippen MR) is 68.9 cm³/mol. The lowest BCUT2D eigenvalue weighted by atomic mass is 10.0. The first-order chi connectivity index (χ1) is 7.95. The molecule has 0 aromatic heterocycles. The van der Waals surface area contributed by atoms with Crippen molar-refractivity contribution < 1.29 is 4.79 Å². The molecule has 2 aliphatic rings. The van der Waals surface area contributed by atoms with Crippen LogP contribution in [-0.2, 0) is 4.79 Å². The molecule has 4 heteroatoms. The third-order valence-corrected chi connectivity index (χ3v) is 4.60. The van der Waals surface area contributed by atoms with E-state index in [4.69, 9.17) is 0 Å². The summed E-state index contributed by atoms with van der Waals surface area (Å²) in [7, 11) is 4.06. The van der Waals surface area contributed by atoms with E-state index in [1.807, 2.05) is 20.9 Å². The average molecular weight is 239 g/mol. The Morgan fingerprint density at radius 1 is 1.24 bits per heavy atom. The number of amides is 1. The van der Waals surface area contributed by atoms with E-state index in [9.17, 15) is 4.79 Å². The summed E-state index contributed by atoms with van der Waals surface area (Å²) < 4.78 is 0. The van der Waals surface area contributed by atoms with Gasteiger partial charge in [-0.25, -0.2) is 0 Å². The molecule has 4 nitrogen and oxygen atoms in total. The van der Waals surface area contributed by atoms with Crippen LogP contribution in [0.2, 0.25) is 0 Å². The number of carbonyl (C=O) groups is 1. The molecule has 2 aliphatic heterocycles. The summed E-state index contributed by atoms with van der Waals surface area (Å²) in [6, 6.07) is 1.26. The van der Waals surface area contributed by atoms with Crippen molar-refractivity contribution in [3.05, 3.63) is 0 Å². The van der Waals surface area contributed by atoms with Gasteiger partial charge in [-0.1, -0.05) is 0 Å². The topological polar surface area (TPSA) is 35.6 Å². The summed E-state index contributed by atoms with van der Waals surface area (Å²) in [5, 5.41) is 3.11. The van der Waals surface area contributed by atoms with Crippen molar-refractivity contribution in [1.29, 1.82) is 0 Å². The van der Waals surface area contributed by atoms with Crippen LogP contribution in [-0.4, -0.2) is 60.5 Å². The van der Waals surface area contributed by atoms with Gasteiger partial charge in [0.2, 0.25) is 5.91 Å². The molecule has 2 fully saturated rings. The van der Waals surface area contributed by atoms with Gasteiger partial charge in [0.1, 0.15) is 0 Å². The van der Waals surface area contributed by atoms with E-state index in [0.717, 1.165) is 19.5 Å². The zero-order valence-corrected chi connectivity index (χ0v) is 11.5. The van der Waals surface area contributed by atoms with Crippen molar-refractivity contribution in [2.75, 3.05) is 27.2 Å². The van der Waals surface area contributed by atoms with E-state index in [-0.39, 0.29) is 5.91 Å². The normalized spacial score (nSPS) is 30.5. The predicted octanol–water partition coefficient (Wildman–Crippen LogP) is 0.679. The molecule has 2 bridgehead atoms. The van der Waals surface area contributed by atoms with Crippen LogP contribution in [0.25, 0.3) is 0 Å². The Morgan fingerprint density at radius 3 is 2.53 bits per heavy atom. The third kappa shape index (κ3) is 2.33. The molecule has 0 aliphatic carbocycles. The maximum atomic E-state index is 12.4. The molecule has 17 heavy (non-hydrogen) atoms. The van der Waals surface area contributed by atoms with E-state index in [1.165, 1.54) is 12.8 Å². The van der Waals surface area contributed by atoms with Gasteiger partial charge in [-0.15, -0.1) is 0 Å². The Labute approximate surface area is 104 Å². The number of hydrogen-bond donors (Lipinski definition) is 1. The summed E-state index contributed by atoms with van der Waals surface area (Å²) in [5.74, 6) is 0.237. The Balaban J connectivity index is 2.06. The first-order valence-electron chi connectivity index (χ1n) is 6.66. The zero-order chi connectivity index (χ0) is 12.6. The van der Waals surface area contributed by atoms with E-state index >= 15 is 0 Å². The van der Waals surface area contributed by atoms with Gasteiger partial charge in [-0.2, -0.15) is 0 Å². The molecule has 0 saturated carbocycles.